The van der Waals surface area contributed by atoms with Crippen LogP contribution in [0.25, 0.3) is 5.69 Å². The zero-order valence-corrected chi connectivity index (χ0v) is 16.5. The molecule has 10 heteroatoms. The Morgan fingerprint density at radius 2 is 1.87 bits per heavy atom. The highest BCUT2D eigenvalue weighted by molar-refractivity contribution is 6.31. The molecule has 3 rings (SSSR count). The number of aromatic nitrogens is 3. The zero-order valence-electron chi connectivity index (χ0n) is 15.7. The molecule has 0 saturated heterocycles. The minimum atomic E-state index is -0.728. The van der Waals surface area contributed by atoms with Crippen LogP contribution in [-0.2, 0) is 25.5 Å². The third kappa shape index (κ3) is 6.14. The zero-order chi connectivity index (χ0) is 21.3. The average Bonchev–Trinajstić information content (AvgIpc) is 3.26. The Kier molecular flexibility index (Phi) is 7.12. The number of carbonyl (C=O) groups is 3. The average molecular weight is 428 g/mol. The molecule has 154 valence electrons. The third-order valence-corrected chi connectivity index (χ3v) is 4.14. The van der Waals surface area contributed by atoms with Crippen molar-refractivity contribution in [2.45, 2.75) is 6.42 Å². The first-order valence-electron chi connectivity index (χ1n) is 8.92. The molecule has 2 N–H and O–H groups in total. The van der Waals surface area contributed by atoms with Crippen molar-refractivity contribution in [3.8, 4) is 5.69 Å². The first-order valence-corrected chi connectivity index (χ1v) is 9.30. The molecular weight excluding hydrogens is 410 g/mol. The van der Waals surface area contributed by atoms with E-state index in [9.17, 15) is 14.4 Å². The molecular formula is C20H18ClN5O4. The van der Waals surface area contributed by atoms with Gasteiger partial charge in [-0.3, -0.25) is 14.4 Å². The predicted molar refractivity (Wildman–Crippen MR) is 109 cm³/mol. The minimum absolute atomic E-state index is 0.147. The van der Waals surface area contributed by atoms with Gasteiger partial charge in [0, 0.05) is 5.02 Å². The number of hydrogen-bond donors (Lipinski definition) is 2. The second-order valence-electron chi connectivity index (χ2n) is 6.15. The van der Waals surface area contributed by atoms with Crippen LogP contribution in [0.4, 0.5) is 5.69 Å². The fourth-order valence-electron chi connectivity index (χ4n) is 2.54. The second-order valence-corrected chi connectivity index (χ2v) is 6.59. The van der Waals surface area contributed by atoms with Crippen molar-refractivity contribution >= 4 is 35.1 Å². The number of amides is 2. The first-order chi connectivity index (χ1) is 14.5. The predicted octanol–water partition coefficient (Wildman–Crippen LogP) is 1.76. The highest BCUT2D eigenvalue weighted by atomic mass is 35.5. The number of hydrogen-bond acceptors (Lipinski definition) is 6. The fourth-order valence-corrected chi connectivity index (χ4v) is 2.71. The summed E-state index contributed by atoms with van der Waals surface area (Å²) in [5, 5.41) is 9.50. The van der Waals surface area contributed by atoms with Crippen molar-refractivity contribution in [2.75, 3.05) is 18.5 Å². The second kappa shape index (κ2) is 10.2. The molecule has 30 heavy (non-hydrogen) atoms. The number of carbonyl (C=O) groups excluding carboxylic acids is 3. The molecule has 0 aliphatic heterocycles. The molecule has 0 bridgehead atoms. The summed E-state index contributed by atoms with van der Waals surface area (Å²) in [6.45, 7) is -0.850. The summed E-state index contributed by atoms with van der Waals surface area (Å²) in [5.74, 6) is -1.62. The van der Waals surface area contributed by atoms with E-state index >= 15 is 0 Å². The van der Waals surface area contributed by atoms with Crippen LogP contribution >= 0.6 is 11.6 Å². The van der Waals surface area contributed by atoms with E-state index < -0.39 is 18.5 Å². The molecule has 0 saturated carbocycles. The lowest BCUT2D eigenvalue weighted by atomic mass is 10.1. The van der Waals surface area contributed by atoms with Crippen LogP contribution in [-0.4, -0.2) is 45.7 Å². The minimum Gasteiger partial charge on any atom is -0.454 e. The summed E-state index contributed by atoms with van der Waals surface area (Å²) in [6, 6.07) is 14.0. The Hall–Kier alpha value is -3.72. The van der Waals surface area contributed by atoms with E-state index in [1.807, 2.05) is 30.3 Å². The van der Waals surface area contributed by atoms with Gasteiger partial charge in [0.15, 0.2) is 6.61 Å². The van der Waals surface area contributed by atoms with E-state index in [2.05, 4.69) is 20.7 Å². The topological polar surface area (TPSA) is 115 Å². The number of nitrogens with zero attached hydrogens (tertiary/aromatic N) is 3. The summed E-state index contributed by atoms with van der Waals surface area (Å²) < 4.78 is 6.36. The molecule has 0 atom stereocenters. The van der Waals surface area contributed by atoms with Crippen molar-refractivity contribution in [1.82, 2.24) is 20.1 Å². The van der Waals surface area contributed by atoms with Crippen LogP contribution < -0.4 is 10.6 Å². The third-order valence-electron chi connectivity index (χ3n) is 3.90. The van der Waals surface area contributed by atoms with Crippen molar-refractivity contribution < 1.29 is 19.1 Å². The maximum atomic E-state index is 12.2. The Bertz CT molecular complexity index is 1020. The standard InChI is InChI=1S/C20H18ClN5O4/c21-15-6-7-17(26-13-22-12-24-26)16(9-15)25-19(28)11-30-20(29)10-23-18(27)8-14-4-2-1-3-5-14/h1-7,9,12-13H,8,10-11H2,(H,23,27)(H,25,28). The lowest BCUT2D eigenvalue weighted by Crippen LogP contribution is -2.33. The number of anilines is 1. The Morgan fingerprint density at radius 3 is 2.60 bits per heavy atom. The van der Waals surface area contributed by atoms with Gasteiger partial charge in [-0.05, 0) is 23.8 Å². The summed E-state index contributed by atoms with van der Waals surface area (Å²) >= 11 is 6.00. The maximum Gasteiger partial charge on any atom is 0.325 e. The van der Waals surface area contributed by atoms with Gasteiger partial charge in [0.05, 0.1) is 17.8 Å². The molecule has 3 aromatic rings. The van der Waals surface area contributed by atoms with Crippen LogP contribution in [0.1, 0.15) is 5.56 Å². The number of nitrogens with one attached hydrogen (secondary N) is 2. The van der Waals surface area contributed by atoms with Crippen LogP contribution in [0.2, 0.25) is 5.02 Å². The van der Waals surface area contributed by atoms with Gasteiger partial charge < -0.3 is 15.4 Å². The smallest absolute Gasteiger partial charge is 0.325 e. The van der Waals surface area contributed by atoms with E-state index in [1.54, 1.807) is 18.2 Å². The van der Waals surface area contributed by atoms with Crippen LogP contribution in [0.15, 0.2) is 61.2 Å². The number of ether oxygens (including phenoxy) is 1. The lowest BCUT2D eigenvalue weighted by Gasteiger charge is -2.12. The first kappa shape index (κ1) is 21.0. The lowest BCUT2D eigenvalue weighted by molar-refractivity contribution is -0.147. The quantitative estimate of drug-likeness (QED) is 0.529. The molecule has 1 aromatic heterocycles. The Balaban J connectivity index is 1.46. The Morgan fingerprint density at radius 1 is 1.07 bits per heavy atom. The van der Waals surface area contributed by atoms with Crippen molar-refractivity contribution in [3.63, 3.8) is 0 Å². The fraction of sp³-hybridized carbons (Fsp3) is 0.150. The Labute approximate surface area is 177 Å². The van der Waals surface area contributed by atoms with E-state index in [0.717, 1.165) is 5.56 Å². The summed E-state index contributed by atoms with van der Waals surface area (Å²) in [5.41, 5.74) is 1.75. The number of halogens is 1. The molecule has 0 unspecified atom stereocenters. The van der Waals surface area contributed by atoms with Crippen molar-refractivity contribution in [2.24, 2.45) is 0 Å². The molecule has 0 aliphatic rings. The monoisotopic (exact) mass is 427 g/mol. The maximum absolute atomic E-state index is 12.2. The number of benzene rings is 2. The van der Waals surface area contributed by atoms with Crippen molar-refractivity contribution in [1.29, 1.82) is 0 Å². The van der Waals surface area contributed by atoms with Crippen LogP contribution in [0, 0.1) is 0 Å². The molecule has 9 nitrogen and oxygen atoms in total. The van der Waals surface area contributed by atoms with Gasteiger partial charge in [-0.25, -0.2) is 9.67 Å². The summed E-state index contributed by atoms with van der Waals surface area (Å²) in [6.07, 6.45) is 2.97. The van der Waals surface area contributed by atoms with E-state index in [-0.39, 0.29) is 18.9 Å². The molecule has 2 amide bonds. The van der Waals surface area contributed by atoms with Gasteiger partial charge in [0.2, 0.25) is 5.91 Å². The normalized spacial score (nSPS) is 10.3. The van der Waals surface area contributed by atoms with E-state index in [0.29, 0.717) is 16.4 Å². The van der Waals surface area contributed by atoms with Crippen molar-refractivity contribution in [3.05, 3.63) is 71.8 Å². The summed E-state index contributed by atoms with van der Waals surface area (Å²) in [7, 11) is 0. The molecule has 0 radical (unpaired) electrons. The molecule has 2 aromatic carbocycles. The highest BCUT2D eigenvalue weighted by Crippen LogP contribution is 2.23. The van der Waals surface area contributed by atoms with E-state index in [4.69, 9.17) is 16.3 Å². The molecule has 0 spiro atoms. The van der Waals surface area contributed by atoms with Gasteiger partial charge in [-0.1, -0.05) is 41.9 Å². The highest BCUT2D eigenvalue weighted by Gasteiger charge is 2.13. The van der Waals surface area contributed by atoms with Crippen LogP contribution in [0.5, 0.6) is 0 Å². The SMILES string of the molecule is O=C(Cc1ccccc1)NCC(=O)OCC(=O)Nc1cc(Cl)ccc1-n1cncn1. The van der Waals surface area contributed by atoms with Crippen LogP contribution in [0.3, 0.4) is 0 Å². The summed E-state index contributed by atoms with van der Waals surface area (Å²) in [4.78, 5) is 39.7. The molecule has 0 fully saturated rings. The van der Waals surface area contributed by atoms with Gasteiger partial charge in [0.25, 0.3) is 5.91 Å². The number of esters is 1. The molecule has 1 heterocycles. The van der Waals surface area contributed by atoms with Gasteiger partial charge >= 0.3 is 5.97 Å². The molecule has 0 aliphatic carbocycles. The van der Waals surface area contributed by atoms with Gasteiger partial charge in [-0.2, -0.15) is 5.10 Å². The van der Waals surface area contributed by atoms with E-state index in [1.165, 1.54) is 17.3 Å². The largest absolute Gasteiger partial charge is 0.454 e. The van der Waals surface area contributed by atoms with Gasteiger partial charge in [0.1, 0.15) is 19.2 Å². The van der Waals surface area contributed by atoms with Gasteiger partial charge in [-0.15, -0.1) is 0 Å². The number of rotatable bonds is 8.